The molecule has 0 nitrogen and oxygen atoms in total. The maximum atomic E-state index is 2.46. The Labute approximate surface area is 188 Å². The molecule has 0 radical (unpaired) electrons. The predicted octanol–water partition coefficient (Wildman–Crippen LogP) is 4.99. The van der Waals surface area contributed by atoms with Crippen molar-refractivity contribution in [1.29, 1.82) is 0 Å². The molecule has 0 amide bonds. The predicted molar refractivity (Wildman–Crippen MR) is 136 cm³/mol. The summed E-state index contributed by atoms with van der Waals surface area (Å²) in [6.07, 6.45) is 0. The van der Waals surface area contributed by atoms with E-state index in [0.717, 1.165) is 0 Å². The second-order valence-corrected chi connectivity index (χ2v) is 32.1. The maximum Gasteiger partial charge on any atom is 2.00 e. The Morgan fingerprint density at radius 1 is 0.519 bits per heavy atom. The fourth-order valence-corrected chi connectivity index (χ4v) is 7.73. The van der Waals surface area contributed by atoms with Crippen LogP contribution < -0.4 is 20.7 Å². The van der Waals surface area contributed by atoms with Crippen LogP contribution in [-0.2, 0) is 21.7 Å². The average molecular weight is 467 g/mol. The summed E-state index contributed by atoms with van der Waals surface area (Å²) in [6.45, 7) is 29.0. The van der Waals surface area contributed by atoms with Crippen LogP contribution in [0.4, 0.5) is 0 Å². The van der Waals surface area contributed by atoms with Crippen molar-refractivity contribution in [2.45, 2.75) is 78.6 Å². The smallest absolute Gasteiger partial charge is 0.212 e. The van der Waals surface area contributed by atoms with Crippen LogP contribution >= 0.6 is 0 Å². The summed E-state index contributed by atoms with van der Waals surface area (Å²) in [6, 6.07) is 14.3. The van der Waals surface area contributed by atoms with E-state index in [4.69, 9.17) is 0 Å². The molecule has 0 saturated heterocycles. The second kappa shape index (κ2) is 9.40. The normalized spacial score (nSPS) is 12.9. The fourth-order valence-electron chi connectivity index (χ4n) is 2.75. The van der Waals surface area contributed by atoms with E-state index in [2.05, 4.69) is 115 Å². The Kier molecular flexibility index (Phi) is 9.49. The van der Waals surface area contributed by atoms with E-state index >= 15 is 0 Å². The summed E-state index contributed by atoms with van der Waals surface area (Å²) in [4.78, 5) is 0. The molecular weight excluding hydrogens is 424 g/mol. The summed E-state index contributed by atoms with van der Waals surface area (Å²) >= 11 is 0. The van der Waals surface area contributed by atoms with Gasteiger partial charge in [-0.2, -0.15) is 34.6 Å². The Balaban J connectivity index is 0.000000483. The van der Waals surface area contributed by atoms with Gasteiger partial charge in [-0.1, -0.05) is 78.6 Å². The summed E-state index contributed by atoms with van der Waals surface area (Å²) in [5, 5.41) is 6.46. The molecule has 0 spiro atoms. The molecule has 0 aliphatic carbocycles. The summed E-state index contributed by atoms with van der Waals surface area (Å²) in [5.74, 6) is 0. The van der Waals surface area contributed by atoms with Crippen molar-refractivity contribution in [2.75, 3.05) is 0 Å². The van der Waals surface area contributed by atoms with Gasteiger partial charge in [-0.25, -0.2) is 22.5 Å². The number of rotatable bonds is 4. The molecule has 0 bridgehead atoms. The molecule has 0 N–H and O–H groups in total. The van der Waals surface area contributed by atoms with Crippen molar-refractivity contribution in [3.63, 3.8) is 0 Å². The van der Waals surface area contributed by atoms with Crippen molar-refractivity contribution < 1.29 is 21.7 Å². The van der Waals surface area contributed by atoms with Crippen LogP contribution in [0.3, 0.4) is 0 Å². The molecule has 150 valence electrons. The zero-order valence-electron chi connectivity index (χ0n) is 20.0. The van der Waals surface area contributed by atoms with Gasteiger partial charge in [-0.05, 0) is 0 Å². The molecule has 0 saturated carbocycles. The van der Waals surface area contributed by atoms with E-state index in [0.29, 0.717) is 0 Å². The minimum Gasteiger partial charge on any atom is -0.212 e. The van der Waals surface area contributed by atoms with Crippen molar-refractivity contribution in [3.05, 3.63) is 36.4 Å². The molecule has 2 aromatic rings. The molecule has 0 aromatic heterocycles. The Bertz CT molecular complexity index is 579. The van der Waals surface area contributed by atoms with Crippen LogP contribution in [0.15, 0.2) is 36.4 Å². The largest absolute Gasteiger partial charge is 2.00 e. The fraction of sp³-hybridized carbons (Fsp3) is 0.545. The van der Waals surface area contributed by atoms with Gasteiger partial charge in [0.1, 0.15) is 0 Å². The Hall–Kier alpha value is 0.282. The van der Waals surface area contributed by atoms with Gasteiger partial charge in [-0.3, -0.25) is 0 Å². The van der Waals surface area contributed by atoms with Crippen LogP contribution in [-0.4, -0.2) is 32.3 Å². The second-order valence-electron chi connectivity index (χ2n) is 11.8. The molecular formula is C22H42Si4Ti. The zero-order valence-corrected chi connectivity index (χ0v) is 25.5. The van der Waals surface area contributed by atoms with Gasteiger partial charge in [-0.15, -0.1) is 0 Å². The van der Waals surface area contributed by atoms with E-state index in [-0.39, 0.29) is 21.7 Å². The molecule has 0 aliphatic rings. The van der Waals surface area contributed by atoms with E-state index in [1.165, 1.54) is 0 Å². The molecule has 5 heteroatoms. The van der Waals surface area contributed by atoms with Gasteiger partial charge in [0.2, 0.25) is 0 Å². The Morgan fingerprint density at radius 2 is 0.778 bits per heavy atom. The van der Waals surface area contributed by atoms with Crippen molar-refractivity contribution in [2.24, 2.45) is 0 Å². The quantitative estimate of drug-likeness (QED) is 0.440. The first-order valence-electron chi connectivity index (χ1n) is 9.98. The minimum atomic E-state index is -1.07. The van der Waals surface area contributed by atoms with Gasteiger partial charge in [0.05, 0.1) is 0 Å². The van der Waals surface area contributed by atoms with Crippen LogP contribution in [0.2, 0.25) is 78.6 Å². The standard InChI is InChI=1S/2C11H21Si2.Ti/c2*1-12(2,3)10-7-8-11(9-10)13(4,5)6;/h2*7-9H,1-6H3;/q2*-1;+2. The van der Waals surface area contributed by atoms with Crippen LogP contribution in [0.5, 0.6) is 0 Å². The van der Waals surface area contributed by atoms with Crippen molar-refractivity contribution in [3.8, 4) is 0 Å². The van der Waals surface area contributed by atoms with Gasteiger partial charge in [0.25, 0.3) is 0 Å². The van der Waals surface area contributed by atoms with E-state index in [1.54, 1.807) is 20.7 Å². The van der Waals surface area contributed by atoms with Gasteiger partial charge >= 0.3 is 21.7 Å². The van der Waals surface area contributed by atoms with Crippen molar-refractivity contribution >= 4 is 53.0 Å². The topological polar surface area (TPSA) is 0 Å². The summed E-state index contributed by atoms with van der Waals surface area (Å²) in [7, 11) is -4.28. The first kappa shape index (κ1) is 27.3. The number of hydrogen-bond acceptors (Lipinski definition) is 0. The Morgan fingerprint density at radius 3 is 0.889 bits per heavy atom. The van der Waals surface area contributed by atoms with Gasteiger partial charge in [0.15, 0.2) is 0 Å². The molecule has 0 heterocycles. The SMILES string of the molecule is C[Si](C)(C)c1cc[c-]([Si](C)(C)C)c1.C[Si](C)(C)c1cc[c-]([Si](C)(C)C)c1.[Ti+2]. The monoisotopic (exact) mass is 466 g/mol. The molecule has 27 heavy (non-hydrogen) atoms. The van der Waals surface area contributed by atoms with Crippen LogP contribution in [0, 0.1) is 0 Å². The van der Waals surface area contributed by atoms with Crippen molar-refractivity contribution in [1.82, 2.24) is 0 Å². The van der Waals surface area contributed by atoms with E-state index in [9.17, 15) is 0 Å². The zero-order chi connectivity index (χ0) is 20.6. The maximum absolute atomic E-state index is 2.46. The third-order valence-electron chi connectivity index (χ3n) is 4.97. The molecule has 2 rings (SSSR count). The molecule has 0 atom stereocenters. The van der Waals surface area contributed by atoms with E-state index in [1.807, 2.05) is 0 Å². The molecule has 0 fully saturated rings. The summed E-state index contributed by atoms with van der Waals surface area (Å²) < 4.78 is 0. The minimum absolute atomic E-state index is 0. The average Bonchev–Trinajstić information content (AvgIpc) is 3.06. The molecule has 2 aromatic carbocycles. The first-order chi connectivity index (χ1) is 11.4. The number of hydrogen-bond donors (Lipinski definition) is 0. The van der Waals surface area contributed by atoms with Crippen LogP contribution in [0.1, 0.15) is 0 Å². The third-order valence-corrected chi connectivity index (χ3v) is 13.1. The van der Waals surface area contributed by atoms with Gasteiger partial charge in [0, 0.05) is 32.3 Å². The van der Waals surface area contributed by atoms with Gasteiger partial charge < -0.3 is 0 Å². The van der Waals surface area contributed by atoms with Crippen LogP contribution in [0.25, 0.3) is 0 Å². The van der Waals surface area contributed by atoms with E-state index < -0.39 is 32.3 Å². The first-order valence-corrected chi connectivity index (χ1v) is 24.0. The molecule has 0 aliphatic heterocycles. The summed E-state index contributed by atoms with van der Waals surface area (Å²) in [5.41, 5.74) is 0. The third kappa shape index (κ3) is 8.67. The molecule has 0 unspecified atom stereocenters.